The monoisotopic (exact) mass is 307 g/mol. The maximum absolute atomic E-state index is 12.3. The molecule has 0 spiro atoms. The molecule has 2 atom stereocenters. The fraction of sp³-hybridized carbons (Fsp3) is 0.467. The van der Waals surface area contributed by atoms with Gasteiger partial charge in [-0.3, -0.25) is 18.5 Å². The van der Waals surface area contributed by atoms with Gasteiger partial charge in [-0.25, -0.2) is 4.98 Å². The normalized spacial score (nSPS) is 14.5. The van der Waals surface area contributed by atoms with Crippen molar-refractivity contribution in [3.05, 3.63) is 40.4 Å². The van der Waals surface area contributed by atoms with Crippen molar-refractivity contribution in [3.63, 3.8) is 0 Å². The molecule has 2 aromatic rings. The van der Waals surface area contributed by atoms with Gasteiger partial charge >= 0.3 is 0 Å². The Morgan fingerprint density at radius 3 is 2.71 bits per heavy atom. The predicted molar refractivity (Wildman–Crippen MR) is 86.8 cm³/mol. The number of nitrogens with zero attached hydrogens (tertiary/aromatic N) is 3. The van der Waals surface area contributed by atoms with E-state index in [9.17, 15) is 9.00 Å². The van der Waals surface area contributed by atoms with Crippen LogP contribution in [0, 0.1) is 0 Å². The molecule has 5 nitrogen and oxygen atoms in total. The predicted octanol–water partition coefficient (Wildman–Crippen LogP) is 1.13. The molecule has 1 aromatic carbocycles. The summed E-state index contributed by atoms with van der Waals surface area (Å²) in [6.07, 6.45) is 1.70. The molecule has 0 aliphatic rings. The van der Waals surface area contributed by atoms with Crippen LogP contribution in [0.1, 0.15) is 12.7 Å². The van der Waals surface area contributed by atoms with Gasteiger partial charge in [0.1, 0.15) is 5.82 Å². The molecule has 0 saturated heterocycles. The van der Waals surface area contributed by atoms with Gasteiger partial charge in [0.05, 0.1) is 17.4 Å². The Balaban J connectivity index is 2.32. The number of para-hydroxylation sites is 1. The van der Waals surface area contributed by atoms with Gasteiger partial charge in [0, 0.05) is 35.9 Å². The highest BCUT2D eigenvalue weighted by molar-refractivity contribution is 7.84. The van der Waals surface area contributed by atoms with Crippen LogP contribution in [0.4, 0.5) is 0 Å². The van der Waals surface area contributed by atoms with Crippen molar-refractivity contribution in [2.75, 3.05) is 19.1 Å². The minimum absolute atomic E-state index is 0.0317. The second-order valence-corrected chi connectivity index (χ2v) is 6.89. The van der Waals surface area contributed by atoms with E-state index in [1.54, 1.807) is 23.9 Å². The van der Waals surface area contributed by atoms with Gasteiger partial charge in [0.15, 0.2) is 0 Å². The van der Waals surface area contributed by atoms with E-state index in [2.05, 4.69) is 9.88 Å². The molecule has 2 rings (SSSR count). The van der Waals surface area contributed by atoms with Crippen LogP contribution >= 0.6 is 0 Å². The lowest BCUT2D eigenvalue weighted by Gasteiger charge is -2.24. The van der Waals surface area contributed by atoms with Crippen LogP contribution in [0.2, 0.25) is 0 Å². The fourth-order valence-electron chi connectivity index (χ4n) is 2.25. The summed E-state index contributed by atoms with van der Waals surface area (Å²) in [4.78, 5) is 19.0. The molecule has 0 N–H and O–H groups in total. The SMILES string of the molecule is C[C@@H](C[S@](C)=O)N(C)Cc1nc2ccccc2c(=O)n1C. The Morgan fingerprint density at radius 2 is 2.05 bits per heavy atom. The van der Waals surface area contributed by atoms with Crippen LogP contribution < -0.4 is 5.56 Å². The van der Waals surface area contributed by atoms with Crippen LogP contribution in [0.15, 0.2) is 29.1 Å². The third-order valence-corrected chi connectivity index (χ3v) is 4.65. The van der Waals surface area contributed by atoms with Crippen LogP contribution in [0.3, 0.4) is 0 Å². The molecular formula is C15H21N3O2S. The van der Waals surface area contributed by atoms with Crippen LogP contribution in [-0.4, -0.2) is 43.8 Å². The molecular weight excluding hydrogens is 286 g/mol. The topological polar surface area (TPSA) is 55.2 Å². The van der Waals surface area contributed by atoms with E-state index in [0.29, 0.717) is 17.7 Å². The summed E-state index contributed by atoms with van der Waals surface area (Å²) in [6.45, 7) is 2.58. The molecule has 21 heavy (non-hydrogen) atoms. The van der Waals surface area contributed by atoms with Crippen LogP contribution in [0.5, 0.6) is 0 Å². The minimum Gasteiger partial charge on any atom is -0.298 e. The first-order chi connectivity index (χ1) is 9.90. The van der Waals surface area contributed by atoms with Crippen molar-refractivity contribution < 1.29 is 4.21 Å². The highest BCUT2D eigenvalue weighted by Gasteiger charge is 2.15. The number of benzene rings is 1. The molecule has 0 bridgehead atoms. The highest BCUT2D eigenvalue weighted by Crippen LogP contribution is 2.09. The van der Waals surface area contributed by atoms with Gasteiger partial charge in [-0.05, 0) is 26.1 Å². The van der Waals surface area contributed by atoms with E-state index >= 15 is 0 Å². The first kappa shape index (κ1) is 15.9. The van der Waals surface area contributed by atoms with E-state index in [-0.39, 0.29) is 11.6 Å². The summed E-state index contributed by atoms with van der Waals surface area (Å²) in [6, 6.07) is 7.53. The lowest BCUT2D eigenvalue weighted by molar-refractivity contribution is 0.258. The number of fused-ring (bicyclic) bond motifs is 1. The number of rotatable bonds is 5. The number of hydrogen-bond donors (Lipinski definition) is 0. The van der Waals surface area contributed by atoms with E-state index in [0.717, 1.165) is 11.3 Å². The molecule has 1 aromatic heterocycles. The van der Waals surface area contributed by atoms with Gasteiger partial charge in [-0.15, -0.1) is 0 Å². The Kier molecular flexibility index (Phi) is 4.90. The van der Waals surface area contributed by atoms with Gasteiger partial charge < -0.3 is 0 Å². The Labute approximate surface area is 127 Å². The summed E-state index contributed by atoms with van der Waals surface area (Å²) >= 11 is 0. The molecule has 0 unspecified atom stereocenters. The zero-order valence-electron chi connectivity index (χ0n) is 12.9. The highest BCUT2D eigenvalue weighted by atomic mass is 32.2. The first-order valence-corrected chi connectivity index (χ1v) is 8.57. The lowest BCUT2D eigenvalue weighted by Crippen LogP contribution is -2.35. The van der Waals surface area contributed by atoms with Crippen molar-refractivity contribution in [3.8, 4) is 0 Å². The first-order valence-electron chi connectivity index (χ1n) is 6.85. The standard InChI is InChI=1S/C15H21N3O2S/c1-11(10-21(4)20)17(2)9-14-16-13-8-6-5-7-12(13)15(19)18(14)3/h5-8,11H,9-10H2,1-4H3/t11-,21-/m0/s1. The minimum atomic E-state index is -0.837. The second kappa shape index (κ2) is 6.49. The average molecular weight is 307 g/mol. The Bertz CT molecular complexity index is 726. The second-order valence-electron chi connectivity index (χ2n) is 5.41. The lowest BCUT2D eigenvalue weighted by atomic mass is 10.2. The molecule has 0 saturated carbocycles. The molecule has 0 aliphatic carbocycles. The third kappa shape index (κ3) is 3.57. The number of aromatic nitrogens is 2. The Hall–Kier alpha value is -1.53. The molecule has 0 amide bonds. The van der Waals surface area contributed by atoms with E-state index < -0.39 is 10.8 Å². The third-order valence-electron chi connectivity index (χ3n) is 3.69. The summed E-state index contributed by atoms with van der Waals surface area (Å²) in [7, 11) is 2.86. The van der Waals surface area contributed by atoms with Gasteiger partial charge in [-0.1, -0.05) is 12.1 Å². The smallest absolute Gasteiger partial charge is 0.261 e. The van der Waals surface area contributed by atoms with Crippen molar-refractivity contribution in [2.45, 2.75) is 19.5 Å². The Morgan fingerprint density at radius 1 is 1.38 bits per heavy atom. The van der Waals surface area contributed by atoms with E-state index in [1.165, 1.54) is 0 Å². The van der Waals surface area contributed by atoms with Gasteiger partial charge in [0.25, 0.3) is 5.56 Å². The van der Waals surface area contributed by atoms with Crippen molar-refractivity contribution in [1.82, 2.24) is 14.5 Å². The zero-order valence-corrected chi connectivity index (χ0v) is 13.7. The fourth-order valence-corrected chi connectivity index (χ4v) is 3.18. The van der Waals surface area contributed by atoms with Crippen LogP contribution in [-0.2, 0) is 24.4 Å². The van der Waals surface area contributed by atoms with E-state index in [4.69, 9.17) is 0 Å². The van der Waals surface area contributed by atoms with Crippen molar-refractivity contribution in [2.24, 2.45) is 7.05 Å². The van der Waals surface area contributed by atoms with Crippen LogP contribution in [0.25, 0.3) is 10.9 Å². The zero-order chi connectivity index (χ0) is 15.6. The molecule has 0 fully saturated rings. The van der Waals surface area contributed by atoms with Gasteiger partial charge in [0.2, 0.25) is 0 Å². The summed E-state index contributed by atoms with van der Waals surface area (Å²) in [5.41, 5.74) is 0.687. The summed E-state index contributed by atoms with van der Waals surface area (Å²) < 4.78 is 12.9. The number of hydrogen-bond acceptors (Lipinski definition) is 4. The van der Waals surface area contributed by atoms with E-state index in [1.807, 2.05) is 32.2 Å². The largest absolute Gasteiger partial charge is 0.298 e. The van der Waals surface area contributed by atoms with Crippen molar-refractivity contribution in [1.29, 1.82) is 0 Å². The summed E-state index contributed by atoms with van der Waals surface area (Å²) in [5.74, 6) is 1.33. The average Bonchev–Trinajstić information content (AvgIpc) is 2.43. The summed E-state index contributed by atoms with van der Waals surface area (Å²) in [5, 5.41) is 0.633. The maximum atomic E-state index is 12.3. The molecule has 0 radical (unpaired) electrons. The molecule has 6 heteroatoms. The maximum Gasteiger partial charge on any atom is 0.261 e. The quantitative estimate of drug-likeness (QED) is 0.831. The molecule has 1 heterocycles. The molecule has 114 valence electrons. The van der Waals surface area contributed by atoms with Crippen molar-refractivity contribution >= 4 is 21.7 Å². The van der Waals surface area contributed by atoms with Gasteiger partial charge in [-0.2, -0.15) is 0 Å². The molecule has 0 aliphatic heterocycles.